The maximum absolute atomic E-state index is 13.6. The predicted molar refractivity (Wildman–Crippen MR) is 147 cm³/mol. The highest BCUT2D eigenvalue weighted by Gasteiger charge is 2.27. The molecular formula is C28H31N3O4S2. The van der Waals surface area contributed by atoms with Crippen molar-refractivity contribution < 1.29 is 18.0 Å². The Morgan fingerprint density at radius 1 is 1.03 bits per heavy atom. The number of nitrogens with one attached hydrogen (secondary N) is 1. The quantitative estimate of drug-likeness (QED) is 0.389. The maximum atomic E-state index is 13.6. The molecule has 0 unspecified atom stereocenters. The van der Waals surface area contributed by atoms with Crippen molar-refractivity contribution in [1.82, 2.24) is 10.2 Å². The van der Waals surface area contributed by atoms with Crippen LogP contribution in [0.2, 0.25) is 0 Å². The van der Waals surface area contributed by atoms with E-state index in [1.165, 1.54) is 11.8 Å². The minimum Gasteiger partial charge on any atom is -0.350 e. The number of thioether (sulfide) groups is 1. The summed E-state index contributed by atoms with van der Waals surface area (Å²) in [6, 6.07) is 21.4. The van der Waals surface area contributed by atoms with Gasteiger partial charge in [0.25, 0.3) is 10.0 Å². The molecule has 0 atom stereocenters. The molecule has 3 aromatic carbocycles. The van der Waals surface area contributed by atoms with Gasteiger partial charge in [0.2, 0.25) is 11.8 Å². The third-order valence-corrected chi connectivity index (χ3v) is 8.81. The molecular weight excluding hydrogens is 506 g/mol. The first kappa shape index (κ1) is 26.8. The summed E-state index contributed by atoms with van der Waals surface area (Å²) in [7, 11) is -3.97. The van der Waals surface area contributed by atoms with E-state index in [-0.39, 0.29) is 23.9 Å². The summed E-state index contributed by atoms with van der Waals surface area (Å²) in [5.74, 6) is -0.246. The number of benzene rings is 3. The molecule has 194 valence electrons. The van der Waals surface area contributed by atoms with Crippen LogP contribution in [0, 0.1) is 6.92 Å². The van der Waals surface area contributed by atoms with Crippen molar-refractivity contribution in [2.24, 2.45) is 0 Å². The van der Waals surface area contributed by atoms with Gasteiger partial charge in [-0.05, 0) is 67.1 Å². The monoisotopic (exact) mass is 537 g/mol. The van der Waals surface area contributed by atoms with E-state index in [1.807, 2.05) is 54.5 Å². The summed E-state index contributed by atoms with van der Waals surface area (Å²) in [5, 5.41) is 2.85. The Morgan fingerprint density at radius 2 is 1.73 bits per heavy atom. The van der Waals surface area contributed by atoms with E-state index in [2.05, 4.69) is 5.32 Å². The zero-order chi connectivity index (χ0) is 26.4. The summed E-state index contributed by atoms with van der Waals surface area (Å²) in [5.41, 5.74) is 3.30. The van der Waals surface area contributed by atoms with E-state index >= 15 is 0 Å². The predicted octanol–water partition coefficient (Wildman–Crippen LogP) is 4.35. The molecule has 1 saturated heterocycles. The third-order valence-electron chi connectivity index (χ3n) is 6.28. The molecule has 0 bridgehead atoms. The number of amides is 2. The summed E-state index contributed by atoms with van der Waals surface area (Å²) in [4.78, 5) is 27.8. The number of anilines is 1. The van der Waals surface area contributed by atoms with Gasteiger partial charge in [0.15, 0.2) is 0 Å². The lowest BCUT2D eigenvalue weighted by atomic mass is 10.1. The average Bonchev–Trinajstić information content (AvgIpc) is 3.30. The first-order chi connectivity index (χ1) is 17.8. The van der Waals surface area contributed by atoms with Gasteiger partial charge in [0.05, 0.1) is 10.6 Å². The molecule has 1 heterocycles. The Morgan fingerprint density at radius 3 is 2.38 bits per heavy atom. The van der Waals surface area contributed by atoms with Crippen molar-refractivity contribution in [1.29, 1.82) is 0 Å². The molecule has 37 heavy (non-hydrogen) atoms. The van der Waals surface area contributed by atoms with Crippen LogP contribution in [0.1, 0.15) is 29.5 Å². The standard InChI is InChI=1S/C28H31N3O4S2/c1-21-8-10-24(11-9-21)31(37(34,35)26-14-12-25(36-2)13-15-26)20-27(32)29-18-22-5-3-6-23(17-22)19-30-16-4-7-28(30)33/h3,5-6,8-15,17H,4,7,16,18-20H2,1-2H3,(H,29,32). The van der Waals surface area contributed by atoms with Crippen LogP contribution in [-0.4, -0.2) is 44.5 Å². The van der Waals surface area contributed by atoms with Gasteiger partial charge in [0, 0.05) is 31.0 Å². The van der Waals surface area contributed by atoms with E-state index in [0.717, 1.165) is 38.9 Å². The van der Waals surface area contributed by atoms with Crippen LogP contribution in [0.4, 0.5) is 5.69 Å². The van der Waals surface area contributed by atoms with Gasteiger partial charge >= 0.3 is 0 Å². The third kappa shape index (κ3) is 6.72. The lowest BCUT2D eigenvalue weighted by Gasteiger charge is -2.24. The van der Waals surface area contributed by atoms with Crippen LogP contribution < -0.4 is 9.62 Å². The summed E-state index contributed by atoms with van der Waals surface area (Å²) >= 11 is 1.53. The number of hydrogen-bond acceptors (Lipinski definition) is 5. The van der Waals surface area contributed by atoms with Crippen LogP contribution in [-0.2, 0) is 32.7 Å². The van der Waals surface area contributed by atoms with Crippen LogP contribution >= 0.6 is 11.8 Å². The minimum atomic E-state index is -3.97. The number of rotatable bonds is 10. The Balaban J connectivity index is 1.48. The number of carbonyl (C=O) groups is 2. The maximum Gasteiger partial charge on any atom is 0.264 e. The van der Waals surface area contributed by atoms with Crippen molar-refractivity contribution >= 4 is 39.3 Å². The number of nitrogens with zero attached hydrogens (tertiary/aromatic N) is 2. The number of sulfonamides is 1. The zero-order valence-corrected chi connectivity index (χ0v) is 22.6. The molecule has 7 nitrogen and oxygen atoms in total. The molecule has 0 saturated carbocycles. The zero-order valence-electron chi connectivity index (χ0n) is 21.0. The molecule has 0 aliphatic carbocycles. The highest BCUT2D eigenvalue weighted by atomic mass is 32.2. The lowest BCUT2D eigenvalue weighted by Crippen LogP contribution is -2.40. The normalized spacial score (nSPS) is 13.6. The Hall–Kier alpha value is -3.30. The summed E-state index contributed by atoms with van der Waals surface area (Å²) in [6.45, 7) is 3.14. The Labute approximate surface area is 222 Å². The van der Waals surface area contributed by atoms with Crippen molar-refractivity contribution in [2.45, 2.75) is 42.6 Å². The van der Waals surface area contributed by atoms with Gasteiger partial charge in [-0.2, -0.15) is 0 Å². The van der Waals surface area contributed by atoms with Gasteiger partial charge in [-0.3, -0.25) is 13.9 Å². The average molecular weight is 538 g/mol. The summed E-state index contributed by atoms with van der Waals surface area (Å²) < 4.78 is 28.3. The van der Waals surface area contributed by atoms with Crippen LogP contribution in [0.3, 0.4) is 0 Å². The molecule has 0 spiro atoms. The first-order valence-corrected chi connectivity index (χ1v) is 14.8. The second kappa shape index (κ2) is 11.8. The molecule has 4 rings (SSSR count). The largest absolute Gasteiger partial charge is 0.350 e. The fourth-order valence-corrected chi connectivity index (χ4v) is 6.05. The number of hydrogen-bond donors (Lipinski definition) is 1. The topological polar surface area (TPSA) is 86.8 Å². The fourth-order valence-electron chi connectivity index (χ4n) is 4.22. The van der Waals surface area contributed by atoms with Crippen LogP contribution in [0.5, 0.6) is 0 Å². The molecule has 1 aliphatic heterocycles. The Bertz CT molecular complexity index is 1360. The highest BCUT2D eigenvalue weighted by molar-refractivity contribution is 7.98. The first-order valence-electron chi connectivity index (χ1n) is 12.1. The fraction of sp³-hybridized carbons (Fsp3) is 0.286. The van der Waals surface area contributed by atoms with Crippen molar-refractivity contribution in [3.63, 3.8) is 0 Å². The number of carbonyl (C=O) groups excluding carboxylic acids is 2. The second-order valence-electron chi connectivity index (χ2n) is 9.04. The molecule has 0 aromatic heterocycles. The number of likely N-dealkylation sites (tertiary alicyclic amines) is 1. The minimum absolute atomic E-state index is 0.128. The van der Waals surface area contributed by atoms with Crippen molar-refractivity contribution in [2.75, 3.05) is 23.7 Å². The Kier molecular flexibility index (Phi) is 8.56. The lowest BCUT2D eigenvalue weighted by molar-refractivity contribution is -0.128. The van der Waals surface area contributed by atoms with E-state index in [4.69, 9.17) is 0 Å². The smallest absolute Gasteiger partial charge is 0.264 e. The van der Waals surface area contributed by atoms with Gasteiger partial charge in [-0.15, -0.1) is 11.8 Å². The van der Waals surface area contributed by atoms with Crippen LogP contribution in [0.15, 0.2) is 82.6 Å². The summed E-state index contributed by atoms with van der Waals surface area (Å²) in [6.07, 6.45) is 3.41. The van der Waals surface area contributed by atoms with E-state index < -0.39 is 15.9 Å². The molecule has 3 aromatic rings. The highest BCUT2D eigenvalue weighted by Crippen LogP contribution is 2.26. The van der Waals surface area contributed by atoms with E-state index in [1.54, 1.807) is 36.4 Å². The van der Waals surface area contributed by atoms with Gasteiger partial charge < -0.3 is 10.2 Å². The van der Waals surface area contributed by atoms with Crippen LogP contribution in [0.25, 0.3) is 0 Å². The molecule has 2 amide bonds. The van der Waals surface area contributed by atoms with Gasteiger partial charge in [0.1, 0.15) is 6.54 Å². The van der Waals surface area contributed by atoms with Crippen molar-refractivity contribution in [3.8, 4) is 0 Å². The molecule has 9 heteroatoms. The van der Waals surface area contributed by atoms with E-state index in [9.17, 15) is 18.0 Å². The van der Waals surface area contributed by atoms with Crippen molar-refractivity contribution in [3.05, 3.63) is 89.5 Å². The molecule has 0 radical (unpaired) electrons. The van der Waals surface area contributed by atoms with E-state index in [0.29, 0.717) is 18.7 Å². The molecule has 1 aliphatic rings. The SMILES string of the molecule is CSc1ccc(S(=O)(=O)N(CC(=O)NCc2cccc(CN3CCCC3=O)c2)c2ccc(C)cc2)cc1. The van der Waals surface area contributed by atoms with Gasteiger partial charge in [-0.25, -0.2) is 8.42 Å². The van der Waals surface area contributed by atoms with Gasteiger partial charge in [-0.1, -0.05) is 42.0 Å². The molecule has 1 N–H and O–H groups in total. The number of aryl methyl sites for hydroxylation is 1. The second-order valence-corrected chi connectivity index (χ2v) is 11.8. The molecule has 1 fully saturated rings.